The third-order valence-electron chi connectivity index (χ3n) is 1.02. The number of amides is 1. The summed E-state index contributed by atoms with van der Waals surface area (Å²) in [5.41, 5.74) is 10.3. The molecule has 0 aliphatic rings. The van der Waals surface area contributed by atoms with Gasteiger partial charge in [-0.2, -0.15) is 0 Å². The van der Waals surface area contributed by atoms with Crippen LogP contribution in [0.5, 0.6) is 0 Å². The summed E-state index contributed by atoms with van der Waals surface area (Å²) in [5, 5.41) is -0.0481. The monoisotopic (exact) mass is 172 g/mol. The van der Waals surface area contributed by atoms with Gasteiger partial charge in [0.2, 0.25) is 5.28 Å². The van der Waals surface area contributed by atoms with E-state index in [0.29, 0.717) is 0 Å². The van der Waals surface area contributed by atoms with Crippen LogP contribution in [-0.4, -0.2) is 15.9 Å². The SMILES string of the molecule is NC(=O)c1nc(Cl)ncc1N. The molecule has 0 atom stereocenters. The van der Waals surface area contributed by atoms with Crippen LogP contribution in [-0.2, 0) is 0 Å². The molecule has 0 aliphatic carbocycles. The quantitative estimate of drug-likeness (QED) is 0.574. The van der Waals surface area contributed by atoms with Crippen LogP contribution in [0.2, 0.25) is 5.28 Å². The number of carbonyl (C=O) groups excluding carboxylic acids is 1. The maximum Gasteiger partial charge on any atom is 0.269 e. The van der Waals surface area contributed by atoms with E-state index in [-0.39, 0.29) is 16.7 Å². The predicted molar refractivity (Wildman–Crippen MR) is 40.0 cm³/mol. The first kappa shape index (κ1) is 7.74. The fourth-order valence-electron chi connectivity index (χ4n) is 0.567. The summed E-state index contributed by atoms with van der Waals surface area (Å²) in [6.45, 7) is 0. The Balaban J connectivity index is 3.23. The van der Waals surface area contributed by atoms with E-state index in [4.69, 9.17) is 23.1 Å². The molecule has 1 heterocycles. The Bertz CT molecular complexity index is 301. The first-order chi connectivity index (χ1) is 5.11. The van der Waals surface area contributed by atoms with Crippen molar-refractivity contribution in [2.75, 3.05) is 5.73 Å². The van der Waals surface area contributed by atoms with Gasteiger partial charge in [0.05, 0.1) is 11.9 Å². The van der Waals surface area contributed by atoms with Gasteiger partial charge < -0.3 is 11.5 Å². The van der Waals surface area contributed by atoms with Gasteiger partial charge in [-0.15, -0.1) is 0 Å². The summed E-state index contributed by atoms with van der Waals surface area (Å²) < 4.78 is 0. The molecule has 1 aromatic heterocycles. The zero-order valence-electron chi connectivity index (χ0n) is 5.41. The molecule has 0 radical (unpaired) electrons. The van der Waals surface area contributed by atoms with Gasteiger partial charge in [-0.3, -0.25) is 4.79 Å². The second-order valence-electron chi connectivity index (χ2n) is 1.81. The van der Waals surface area contributed by atoms with Crippen molar-refractivity contribution >= 4 is 23.2 Å². The molecule has 58 valence electrons. The lowest BCUT2D eigenvalue weighted by Gasteiger charge is -1.97. The summed E-state index contributed by atoms with van der Waals surface area (Å²) in [6.07, 6.45) is 1.23. The molecule has 4 N–H and O–H groups in total. The molecular weight excluding hydrogens is 168 g/mol. The van der Waals surface area contributed by atoms with Gasteiger partial charge in [0, 0.05) is 0 Å². The molecule has 11 heavy (non-hydrogen) atoms. The Morgan fingerprint density at radius 2 is 2.27 bits per heavy atom. The maximum atomic E-state index is 10.6. The van der Waals surface area contributed by atoms with E-state index in [0.717, 1.165) is 0 Å². The topological polar surface area (TPSA) is 94.9 Å². The number of carbonyl (C=O) groups is 1. The van der Waals surface area contributed by atoms with E-state index in [1.54, 1.807) is 0 Å². The number of aromatic nitrogens is 2. The number of nitrogens with two attached hydrogens (primary N) is 2. The minimum absolute atomic E-state index is 0.0481. The number of nitrogens with zero attached hydrogens (tertiary/aromatic N) is 2. The van der Waals surface area contributed by atoms with Crippen LogP contribution in [0.1, 0.15) is 10.5 Å². The van der Waals surface area contributed by atoms with Gasteiger partial charge in [0.1, 0.15) is 0 Å². The number of hydrogen-bond acceptors (Lipinski definition) is 4. The van der Waals surface area contributed by atoms with Gasteiger partial charge in [-0.1, -0.05) is 0 Å². The van der Waals surface area contributed by atoms with Crippen molar-refractivity contribution in [2.45, 2.75) is 0 Å². The summed E-state index contributed by atoms with van der Waals surface area (Å²) >= 11 is 5.38. The highest BCUT2D eigenvalue weighted by molar-refractivity contribution is 6.28. The van der Waals surface area contributed by atoms with Crippen molar-refractivity contribution in [1.29, 1.82) is 0 Å². The van der Waals surface area contributed by atoms with Gasteiger partial charge in [-0.05, 0) is 11.6 Å². The van der Waals surface area contributed by atoms with Crippen LogP contribution in [0, 0.1) is 0 Å². The predicted octanol–water partition coefficient (Wildman–Crippen LogP) is -0.189. The second kappa shape index (κ2) is 2.71. The number of nitrogen functional groups attached to an aromatic ring is 1. The lowest BCUT2D eigenvalue weighted by atomic mass is 10.3. The largest absolute Gasteiger partial charge is 0.396 e. The van der Waals surface area contributed by atoms with Crippen LogP contribution in [0.15, 0.2) is 6.20 Å². The number of rotatable bonds is 1. The van der Waals surface area contributed by atoms with Crippen molar-refractivity contribution in [3.8, 4) is 0 Å². The molecule has 0 bridgehead atoms. The van der Waals surface area contributed by atoms with Crippen molar-refractivity contribution in [2.24, 2.45) is 5.73 Å². The Morgan fingerprint density at radius 1 is 1.64 bits per heavy atom. The Morgan fingerprint density at radius 3 is 2.73 bits per heavy atom. The molecule has 6 heteroatoms. The fourth-order valence-corrected chi connectivity index (χ4v) is 0.700. The third-order valence-corrected chi connectivity index (χ3v) is 1.20. The van der Waals surface area contributed by atoms with Crippen molar-refractivity contribution in [3.05, 3.63) is 17.2 Å². The lowest BCUT2D eigenvalue weighted by Crippen LogP contribution is -2.16. The molecule has 1 rings (SSSR count). The summed E-state index contributed by atoms with van der Waals surface area (Å²) in [7, 11) is 0. The molecule has 0 aliphatic heterocycles. The number of halogens is 1. The molecule has 0 saturated carbocycles. The summed E-state index contributed by atoms with van der Waals surface area (Å²) in [6, 6.07) is 0. The molecule has 0 fully saturated rings. The van der Waals surface area contributed by atoms with Crippen molar-refractivity contribution in [3.63, 3.8) is 0 Å². The van der Waals surface area contributed by atoms with E-state index >= 15 is 0 Å². The van der Waals surface area contributed by atoms with Crippen LogP contribution < -0.4 is 11.5 Å². The van der Waals surface area contributed by atoms with Crippen molar-refractivity contribution < 1.29 is 4.79 Å². The average Bonchev–Trinajstić information content (AvgIpc) is 1.94. The van der Waals surface area contributed by atoms with Gasteiger partial charge in [0.25, 0.3) is 5.91 Å². The fraction of sp³-hybridized carbons (Fsp3) is 0. The molecule has 1 amide bonds. The minimum Gasteiger partial charge on any atom is -0.396 e. The zero-order valence-corrected chi connectivity index (χ0v) is 6.17. The van der Waals surface area contributed by atoms with E-state index in [2.05, 4.69) is 9.97 Å². The van der Waals surface area contributed by atoms with Crippen LogP contribution in [0.4, 0.5) is 5.69 Å². The van der Waals surface area contributed by atoms with Gasteiger partial charge >= 0.3 is 0 Å². The molecule has 0 unspecified atom stereocenters. The molecule has 0 aromatic carbocycles. The smallest absolute Gasteiger partial charge is 0.269 e. The Kier molecular flexibility index (Phi) is 1.91. The van der Waals surface area contributed by atoms with E-state index in [9.17, 15) is 4.79 Å². The van der Waals surface area contributed by atoms with Crippen LogP contribution in [0.25, 0.3) is 0 Å². The molecule has 0 spiro atoms. The normalized spacial score (nSPS) is 9.55. The van der Waals surface area contributed by atoms with E-state index in [1.807, 2.05) is 0 Å². The Hall–Kier alpha value is -1.36. The molecule has 0 saturated heterocycles. The summed E-state index contributed by atoms with van der Waals surface area (Å²) in [4.78, 5) is 17.6. The first-order valence-corrected chi connectivity index (χ1v) is 3.07. The zero-order chi connectivity index (χ0) is 8.43. The van der Waals surface area contributed by atoms with E-state index < -0.39 is 5.91 Å². The molecule has 1 aromatic rings. The standard InChI is InChI=1S/C5H5ClN4O/c6-5-9-1-2(7)3(10-5)4(8)11/h1H,7H2,(H2,8,11). The third kappa shape index (κ3) is 1.56. The van der Waals surface area contributed by atoms with Crippen LogP contribution in [0.3, 0.4) is 0 Å². The number of anilines is 1. The Labute approximate surface area is 67.4 Å². The molecule has 5 nitrogen and oxygen atoms in total. The maximum absolute atomic E-state index is 10.6. The lowest BCUT2D eigenvalue weighted by molar-refractivity contribution is 0.0996. The molecular formula is C5H5ClN4O. The number of hydrogen-bond donors (Lipinski definition) is 2. The highest BCUT2D eigenvalue weighted by atomic mass is 35.5. The van der Waals surface area contributed by atoms with Crippen LogP contribution >= 0.6 is 11.6 Å². The van der Waals surface area contributed by atoms with Gasteiger partial charge in [-0.25, -0.2) is 9.97 Å². The van der Waals surface area contributed by atoms with E-state index in [1.165, 1.54) is 6.20 Å². The minimum atomic E-state index is -0.716. The highest BCUT2D eigenvalue weighted by Gasteiger charge is 2.07. The van der Waals surface area contributed by atoms with Gasteiger partial charge in [0.15, 0.2) is 5.69 Å². The number of primary amides is 1. The summed E-state index contributed by atoms with van der Waals surface area (Å²) in [5.74, 6) is -0.716. The second-order valence-corrected chi connectivity index (χ2v) is 2.15. The van der Waals surface area contributed by atoms with Crippen molar-refractivity contribution in [1.82, 2.24) is 9.97 Å². The average molecular weight is 173 g/mol. The highest BCUT2D eigenvalue weighted by Crippen LogP contribution is 2.08. The first-order valence-electron chi connectivity index (χ1n) is 2.69.